The van der Waals surface area contributed by atoms with Gasteiger partial charge in [0.1, 0.15) is 23.1 Å². The highest BCUT2D eigenvalue weighted by Crippen LogP contribution is 2.47. The SMILES string of the molecule is C[C@@H]1C[C@H](n2c(Cc3ccc(OC(F)(F)F)cc3)nc3cc(C#N)ccc32)CC(C)(C)C1.C[C@H]1C[C@@H](n2c(Cc3ccc(OC(F)(F)F)cc3)nc3cc(C#N)ccc32)CC(C)(C)C1. The summed E-state index contributed by atoms with van der Waals surface area (Å²) in [5, 5.41) is 18.6. The maximum Gasteiger partial charge on any atom is 0.573 e. The van der Waals surface area contributed by atoms with Crippen molar-refractivity contribution >= 4 is 22.1 Å². The lowest BCUT2D eigenvalue weighted by Gasteiger charge is -2.40. The Kier molecular flexibility index (Phi) is 12.8. The van der Waals surface area contributed by atoms with Gasteiger partial charge in [0.2, 0.25) is 0 Å². The van der Waals surface area contributed by atoms with Crippen molar-refractivity contribution in [2.75, 3.05) is 0 Å². The molecule has 0 aliphatic heterocycles. The van der Waals surface area contributed by atoms with Crippen LogP contribution in [-0.4, -0.2) is 31.8 Å². The number of hydrogen-bond donors (Lipinski definition) is 0. The molecular formula is C50H52F6N6O2. The minimum absolute atomic E-state index is 0.208. The number of ether oxygens (including phenoxy) is 2. The molecule has 2 aromatic heterocycles. The average Bonchev–Trinajstić information content (AvgIpc) is 3.73. The summed E-state index contributed by atoms with van der Waals surface area (Å²) in [6, 6.07) is 27.9. The zero-order valence-corrected chi connectivity index (χ0v) is 36.8. The van der Waals surface area contributed by atoms with Crippen LogP contribution in [-0.2, 0) is 12.8 Å². The molecule has 0 N–H and O–H groups in total. The number of hydrogen-bond acceptors (Lipinski definition) is 6. The average molecular weight is 883 g/mol. The van der Waals surface area contributed by atoms with Crippen LogP contribution in [0.15, 0.2) is 84.9 Å². The molecule has 0 spiro atoms. The first-order valence-corrected chi connectivity index (χ1v) is 21.6. The quantitative estimate of drug-likeness (QED) is 0.141. The van der Waals surface area contributed by atoms with E-state index < -0.39 is 12.7 Å². The maximum atomic E-state index is 12.5. The van der Waals surface area contributed by atoms with E-state index in [2.05, 4.69) is 72.3 Å². The van der Waals surface area contributed by atoms with Gasteiger partial charge in [0, 0.05) is 24.9 Å². The van der Waals surface area contributed by atoms with Gasteiger partial charge in [-0.3, -0.25) is 0 Å². The molecule has 2 aliphatic carbocycles. The van der Waals surface area contributed by atoms with E-state index in [-0.39, 0.29) is 34.4 Å². The predicted octanol–water partition coefficient (Wildman–Crippen LogP) is 13.6. The molecule has 0 unspecified atom stereocenters. The van der Waals surface area contributed by atoms with E-state index in [9.17, 15) is 36.9 Å². The third-order valence-corrected chi connectivity index (χ3v) is 12.3. The molecule has 64 heavy (non-hydrogen) atoms. The smallest absolute Gasteiger partial charge is 0.406 e. The van der Waals surface area contributed by atoms with Gasteiger partial charge in [0.25, 0.3) is 0 Å². The number of rotatable bonds is 8. The summed E-state index contributed by atoms with van der Waals surface area (Å²) >= 11 is 0. The van der Waals surface area contributed by atoms with Crippen molar-refractivity contribution in [2.45, 2.75) is 118 Å². The molecule has 2 heterocycles. The van der Waals surface area contributed by atoms with Crippen LogP contribution in [0.25, 0.3) is 22.1 Å². The molecule has 6 aromatic rings. The Morgan fingerprint density at radius 2 is 0.938 bits per heavy atom. The van der Waals surface area contributed by atoms with Crippen molar-refractivity contribution in [2.24, 2.45) is 22.7 Å². The van der Waals surface area contributed by atoms with Crippen molar-refractivity contribution in [3.8, 4) is 23.6 Å². The molecule has 0 saturated heterocycles. The highest BCUT2D eigenvalue weighted by Gasteiger charge is 2.37. The number of nitriles is 2. The summed E-state index contributed by atoms with van der Waals surface area (Å²) in [4.78, 5) is 9.69. The Balaban J connectivity index is 0.000000191. The first-order valence-electron chi connectivity index (χ1n) is 21.6. The van der Waals surface area contributed by atoms with Gasteiger partial charge in [-0.25, -0.2) is 9.97 Å². The number of imidazole rings is 2. The first kappa shape index (κ1) is 46.0. The number of halogens is 6. The summed E-state index contributed by atoms with van der Waals surface area (Å²) in [6.45, 7) is 13.7. The second-order valence-corrected chi connectivity index (χ2v) is 19.3. The van der Waals surface area contributed by atoms with Crippen LogP contribution < -0.4 is 9.47 Å². The molecule has 0 amide bonds. The molecule has 2 fully saturated rings. The van der Waals surface area contributed by atoms with Crippen molar-refractivity contribution in [3.63, 3.8) is 0 Å². The Morgan fingerprint density at radius 1 is 0.578 bits per heavy atom. The third kappa shape index (κ3) is 11.4. The molecular weight excluding hydrogens is 831 g/mol. The van der Waals surface area contributed by atoms with E-state index in [1.54, 1.807) is 36.4 Å². The second kappa shape index (κ2) is 17.9. The zero-order valence-electron chi connectivity index (χ0n) is 36.8. The summed E-state index contributed by atoms with van der Waals surface area (Å²) in [5.41, 5.74) is 6.74. The normalized spacial score (nSPS) is 20.8. The van der Waals surface area contributed by atoms with E-state index in [0.29, 0.717) is 35.8 Å². The summed E-state index contributed by atoms with van der Waals surface area (Å²) in [6.07, 6.45) is -1.99. The van der Waals surface area contributed by atoms with Gasteiger partial charge in [-0.1, -0.05) is 65.8 Å². The van der Waals surface area contributed by atoms with E-state index >= 15 is 0 Å². The summed E-state index contributed by atoms with van der Waals surface area (Å²) in [5.74, 6) is 2.38. The second-order valence-electron chi connectivity index (χ2n) is 19.3. The number of fused-ring (bicyclic) bond motifs is 2. The Bertz CT molecular complexity index is 2500. The molecule has 8 rings (SSSR count). The number of benzene rings is 4. The molecule has 0 radical (unpaired) electrons. The largest absolute Gasteiger partial charge is 0.573 e. The monoisotopic (exact) mass is 882 g/mol. The van der Waals surface area contributed by atoms with Crippen LogP contribution in [0.4, 0.5) is 26.3 Å². The maximum absolute atomic E-state index is 12.5. The number of nitrogens with zero attached hydrogens (tertiary/aromatic N) is 6. The van der Waals surface area contributed by atoms with Crippen molar-refractivity contribution in [1.29, 1.82) is 10.5 Å². The highest BCUT2D eigenvalue weighted by atomic mass is 19.4. The molecule has 8 nitrogen and oxygen atoms in total. The minimum atomic E-state index is -4.71. The fraction of sp³-hybridized carbons (Fsp3) is 0.440. The van der Waals surface area contributed by atoms with Gasteiger partial charge >= 0.3 is 12.7 Å². The van der Waals surface area contributed by atoms with Crippen molar-refractivity contribution in [1.82, 2.24) is 19.1 Å². The van der Waals surface area contributed by atoms with E-state index in [1.165, 1.54) is 37.1 Å². The summed E-state index contributed by atoms with van der Waals surface area (Å²) < 4.78 is 87.3. The van der Waals surface area contributed by atoms with Crippen molar-refractivity contribution < 1.29 is 35.8 Å². The third-order valence-electron chi connectivity index (χ3n) is 12.3. The van der Waals surface area contributed by atoms with Crippen LogP contribution in [0.2, 0.25) is 0 Å². The topological polar surface area (TPSA) is 102 Å². The van der Waals surface area contributed by atoms with Gasteiger partial charge in [0.05, 0.1) is 45.3 Å². The Morgan fingerprint density at radius 3 is 1.25 bits per heavy atom. The highest BCUT2D eigenvalue weighted by molar-refractivity contribution is 5.79. The van der Waals surface area contributed by atoms with Crippen molar-refractivity contribution in [3.05, 3.63) is 119 Å². The van der Waals surface area contributed by atoms with Gasteiger partial charge in [-0.15, -0.1) is 26.3 Å². The Hall–Kier alpha value is -6.02. The standard InChI is InChI=1S/2C25H26F3N3O/c2*1-16-10-19(14-24(2,3)13-16)31-22-9-6-18(15-29)11-21(22)30-23(31)12-17-4-7-20(8-5-17)32-25(26,27)28/h2*4-9,11,16,19H,10,12-14H2,1-3H3/t2*16-,19+/m10/s1. The van der Waals surface area contributed by atoms with E-state index in [0.717, 1.165) is 70.5 Å². The van der Waals surface area contributed by atoms with Gasteiger partial charge in [-0.2, -0.15) is 10.5 Å². The lowest BCUT2D eigenvalue weighted by atomic mass is 9.70. The van der Waals surface area contributed by atoms with Crippen LogP contribution in [0.3, 0.4) is 0 Å². The van der Waals surface area contributed by atoms with Gasteiger partial charge in [0.15, 0.2) is 0 Å². The molecule has 2 aliphatic rings. The Labute approximate surface area is 369 Å². The fourth-order valence-electron chi connectivity index (χ4n) is 10.5. The summed E-state index contributed by atoms with van der Waals surface area (Å²) in [7, 11) is 0. The zero-order chi connectivity index (χ0) is 46.2. The lowest BCUT2D eigenvalue weighted by Crippen LogP contribution is -2.30. The molecule has 0 bridgehead atoms. The molecule has 4 aromatic carbocycles. The van der Waals surface area contributed by atoms with Crippen LogP contribution in [0.1, 0.15) is 126 Å². The van der Waals surface area contributed by atoms with E-state index in [4.69, 9.17) is 9.97 Å². The van der Waals surface area contributed by atoms with Gasteiger partial charge < -0.3 is 18.6 Å². The van der Waals surface area contributed by atoms with Crippen LogP contribution in [0, 0.1) is 45.3 Å². The molecule has 2 saturated carbocycles. The predicted molar refractivity (Wildman–Crippen MR) is 232 cm³/mol. The number of alkyl halides is 6. The van der Waals surface area contributed by atoms with Gasteiger partial charge in [-0.05, 0) is 133 Å². The minimum Gasteiger partial charge on any atom is -0.406 e. The molecule has 336 valence electrons. The number of aromatic nitrogens is 4. The van der Waals surface area contributed by atoms with E-state index in [1.807, 2.05) is 24.3 Å². The molecule has 14 heteroatoms. The molecule has 4 atom stereocenters. The fourth-order valence-corrected chi connectivity index (χ4v) is 10.5. The van der Waals surface area contributed by atoms with Crippen LogP contribution in [0.5, 0.6) is 11.5 Å². The van der Waals surface area contributed by atoms with Crippen LogP contribution >= 0.6 is 0 Å². The lowest BCUT2D eigenvalue weighted by molar-refractivity contribution is -0.275. The first-order chi connectivity index (χ1) is 30.1.